The molecule has 3 aromatic rings. The zero-order valence-corrected chi connectivity index (χ0v) is 13.6. The second kappa shape index (κ2) is 8.88. The molecule has 0 saturated carbocycles. The summed E-state index contributed by atoms with van der Waals surface area (Å²) in [7, 11) is 0. The summed E-state index contributed by atoms with van der Waals surface area (Å²) in [6.07, 6.45) is 3.06. The van der Waals surface area contributed by atoms with Crippen LogP contribution in [0.2, 0.25) is 5.15 Å². The Morgan fingerprint density at radius 1 is 0.920 bits per heavy atom. The molecule has 1 aromatic carbocycles. The van der Waals surface area contributed by atoms with Crippen LogP contribution in [-0.4, -0.2) is 15.1 Å². The molecule has 0 bridgehead atoms. The number of rotatable bonds is 2. The summed E-state index contributed by atoms with van der Waals surface area (Å²) in [5.74, 6) is 0.756. The third kappa shape index (κ3) is 5.83. The third-order valence-electron chi connectivity index (χ3n) is 2.86. The minimum absolute atomic E-state index is 0.182. The Hall–Kier alpha value is -3.61. The molecule has 0 saturated heterocycles. The first-order valence-corrected chi connectivity index (χ1v) is 7.42. The summed E-state index contributed by atoms with van der Waals surface area (Å²) in [6, 6.07) is 17.1. The van der Waals surface area contributed by atoms with E-state index in [9.17, 15) is 5.11 Å². The third-order valence-corrected chi connectivity index (χ3v) is 3.07. The van der Waals surface area contributed by atoms with Crippen molar-refractivity contribution in [2.24, 2.45) is 0 Å². The molecule has 2 heterocycles. The van der Waals surface area contributed by atoms with Gasteiger partial charge in [-0.25, -0.2) is 9.97 Å². The number of phenols is 1. The smallest absolute Gasteiger partial charge is 0.131 e. The van der Waals surface area contributed by atoms with E-state index in [0.717, 1.165) is 5.69 Å². The first-order chi connectivity index (χ1) is 12.1. The van der Waals surface area contributed by atoms with Crippen LogP contribution in [0.5, 0.6) is 5.75 Å². The summed E-state index contributed by atoms with van der Waals surface area (Å²) >= 11 is 5.46. The number of pyridine rings is 2. The summed E-state index contributed by atoms with van der Waals surface area (Å²) in [5.41, 5.74) is 1.80. The van der Waals surface area contributed by atoms with Gasteiger partial charge in [0.15, 0.2) is 0 Å². The van der Waals surface area contributed by atoms with Crippen molar-refractivity contribution < 1.29 is 5.11 Å². The molecular formula is C18H12ClN5O. The van der Waals surface area contributed by atoms with E-state index >= 15 is 0 Å². The maximum atomic E-state index is 9.28. The van der Waals surface area contributed by atoms with Crippen LogP contribution in [0, 0.1) is 22.7 Å². The lowest BCUT2D eigenvalue weighted by Gasteiger charge is -2.05. The summed E-state index contributed by atoms with van der Waals surface area (Å²) < 4.78 is 0. The number of aromatic hydroxyl groups is 1. The van der Waals surface area contributed by atoms with Gasteiger partial charge >= 0.3 is 0 Å². The van der Waals surface area contributed by atoms with Crippen LogP contribution >= 0.6 is 11.6 Å². The molecule has 7 heteroatoms. The molecule has 3 rings (SSSR count). The van der Waals surface area contributed by atoms with Crippen LogP contribution in [0.15, 0.2) is 60.9 Å². The van der Waals surface area contributed by atoms with Crippen LogP contribution in [0.1, 0.15) is 11.1 Å². The van der Waals surface area contributed by atoms with Crippen molar-refractivity contribution in [2.75, 3.05) is 5.32 Å². The molecule has 2 aromatic heterocycles. The maximum absolute atomic E-state index is 9.28. The van der Waals surface area contributed by atoms with Gasteiger partial charge in [-0.05, 0) is 36.4 Å². The van der Waals surface area contributed by atoms with Gasteiger partial charge in [-0.15, -0.1) is 0 Å². The average Bonchev–Trinajstić information content (AvgIpc) is 2.62. The van der Waals surface area contributed by atoms with Crippen molar-refractivity contribution in [3.63, 3.8) is 0 Å². The van der Waals surface area contributed by atoms with E-state index in [2.05, 4.69) is 15.3 Å². The van der Waals surface area contributed by atoms with E-state index in [0.29, 0.717) is 22.1 Å². The minimum Gasteiger partial charge on any atom is -0.508 e. The van der Waals surface area contributed by atoms with Crippen molar-refractivity contribution in [3.05, 3.63) is 77.2 Å². The van der Waals surface area contributed by atoms with E-state index in [4.69, 9.17) is 22.1 Å². The maximum Gasteiger partial charge on any atom is 0.131 e. The number of phenolic OH excluding ortho intramolecular Hbond substituents is 1. The summed E-state index contributed by atoms with van der Waals surface area (Å²) in [4.78, 5) is 7.77. The average molecular weight is 350 g/mol. The molecule has 122 valence electrons. The molecule has 0 aliphatic heterocycles. The van der Waals surface area contributed by atoms with Gasteiger partial charge in [-0.3, -0.25) is 0 Å². The van der Waals surface area contributed by atoms with Gasteiger partial charge in [0.25, 0.3) is 0 Å². The first kappa shape index (κ1) is 17.7. The molecule has 0 aliphatic rings. The molecule has 0 aliphatic carbocycles. The normalized spacial score (nSPS) is 9.08. The van der Waals surface area contributed by atoms with E-state index in [1.54, 1.807) is 48.7 Å². The molecule has 25 heavy (non-hydrogen) atoms. The van der Waals surface area contributed by atoms with Crippen LogP contribution in [0.4, 0.5) is 11.5 Å². The minimum atomic E-state index is 0.182. The molecule has 6 nitrogen and oxygen atoms in total. The van der Waals surface area contributed by atoms with E-state index in [1.165, 1.54) is 12.3 Å². The van der Waals surface area contributed by atoms with E-state index in [-0.39, 0.29) is 5.75 Å². The molecular weight excluding hydrogens is 338 g/mol. The van der Waals surface area contributed by atoms with Gasteiger partial charge in [0, 0.05) is 24.1 Å². The quantitative estimate of drug-likeness (QED) is 0.677. The van der Waals surface area contributed by atoms with Crippen LogP contribution in [0.25, 0.3) is 0 Å². The van der Waals surface area contributed by atoms with Crippen LogP contribution < -0.4 is 5.32 Å². The Balaban J connectivity index is 0.000000212. The fourth-order valence-corrected chi connectivity index (χ4v) is 1.95. The molecule has 0 spiro atoms. The first-order valence-electron chi connectivity index (χ1n) is 7.04. The fraction of sp³-hybridized carbons (Fsp3) is 0. The molecule has 0 atom stereocenters. The number of hydrogen-bond donors (Lipinski definition) is 2. The van der Waals surface area contributed by atoms with Gasteiger partial charge < -0.3 is 10.4 Å². The zero-order valence-electron chi connectivity index (χ0n) is 12.9. The van der Waals surface area contributed by atoms with E-state index < -0.39 is 0 Å². The highest BCUT2D eigenvalue weighted by Gasteiger charge is 1.98. The molecule has 0 unspecified atom stereocenters. The van der Waals surface area contributed by atoms with Crippen LogP contribution in [-0.2, 0) is 0 Å². The van der Waals surface area contributed by atoms with E-state index in [1.807, 2.05) is 12.1 Å². The Labute approximate surface area is 149 Å². The molecule has 0 radical (unpaired) electrons. The zero-order chi connectivity index (χ0) is 18.1. The number of nitriles is 2. The Kier molecular flexibility index (Phi) is 6.30. The second-order valence-corrected chi connectivity index (χ2v) is 5.08. The van der Waals surface area contributed by atoms with Gasteiger partial charge in [0.2, 0.25) is 0 Å². The largest absolute Gasteiger partial charge is 0.508 e. The Morgan fingerprint density at radius 2 is 1.60 bits per heavy atom. The van der Waals surface area contributed by atoms with Gasteiger partial charge in [-0.1, -0.05) is 17.7 Å². The van der Waals surface area contributed by atoms with Gasteiger partial charge in [0.05, 0.1) is 23.3 Å². The number of benzene rings is 1. The SMILES string of the molecule is N#Cc1ccnc(Cl)c1.N#Cc1ccnc(Nc2cccc(O)c2)c1. The molecule has 0 amide bonds. The van der Waals surface area contributed by atoms with Gasteiger partial charge in [-0.2, -0.15) is 10.5 Å². The topological polar surface area (TPSA) is 106 Å². The van der Waals surface area contributed by atoms with Crippen molar-refractivity contribution >= 4 is 23.1 Å². The lowest BCUT2D eigenvalue weighted by molar-refractivity contribution is 0.475. The summed E-state index contributed by atoms with van der Waals surface area (Å²) in [6.45, 7) is 0. The number of aromatic nitrogens is 2. The number of nitrogens with zero attached hydrogens (tertiary/aromatic N) is 4. The van der Waals surface area contributed by atoms with Crippen molar-refractivity contribution in [2.45, 2.75) is 0 Å². The standard InChI is InChI=1S/C12H9N3O.C6H3ClN2/c13-8-9-4-5-14-12(6-9)15-10-2-1-3-11(16)7-10;7-6-3-5(4-8)1-2-9-6/h1-7,16H,(H,14,15);1-3H. The number of hydrogen-bond acceptors (Lipinski definition) is 6. The Morgan fingerprint density at radius 3 is 2.20 bits per heavy atom. The lowest BCUT2D eigenvalue weighted by Crippen LogP contribution is -1.93. The molecule has 0 fully saturated rings. The monoisotopic (exact) mass is 349 g/mol. The lowest BCUT2D eigenvalue weighted by atomic mass is 10.2. The predicted octanol–water partition coefficient (Wildman–Crippen LogP) is 4.01. The molecule has 2 N–H and O–H groups in total. The van der Waals surface area contributed by atoms with Crippen molar-refractivity contribution in [1.29, 1.82) is 10.5 Å². The van der Waals surface area contributed by atoms with Crippen molar-refractivity contribution in [3.8, 4) is 17.9 Å². The number of halogens is 1. The van der Waals surface area contributed by atoms with Gasteiger partial charge in [0.1, 0.15) is 16.7 Å². The van der Waals surface area contributed by atoms with Crippen molar-refractivity contribution in [1.82, 2.24) is 9.97 Å². The Bertz CT molecular complexity index is 946. The second-order valence-electron chi connectivity index (χ2n) is 4.70. The highest BCUT2D eigenvalue weighted by atomic mass is 35.5. The number of nitrogens with one attached hydrogen (secondary N) is 1. The summed E-state index contributed by atoms with van der Waals surface area (Å²) in [5, 5.41) is 29.7. The number of anilines is 2. The predicted molar refractivity (Wildman–Crippen MR) is 94.3 cm³/mol. The van der Waals surface area contributed by atoms with Crippen LogP contribution in [0.3, 0.4) is 0 Å². The highest BCUT2D eigenvalue weighted by molar-refractivity contribution is 6.29. The highest BCUT2D eigenvalue weighted by Crippen LogP contribution is 2.19. The fourth-order valence-electron chi connectivity index (χ4n) is 1.77.